The van der Waals surface area contributed by atoms with Crippen LogP contribution in [0.2, 0.25) is 0 Å². The smallest absolute Gasteiger partial charge is 0.267 e. The Labute approximate surface area is 140 Å². The number of nitrogens with zero attached hydrogens (tertiary/aromatic N) is 5. The molecule has 23 heavy (non-hydrogen) atoms. The molecule has 0 atom stereocenters. The zero-order valence-electron chi connectivity index (χ0n) is 11.8. The highest BCUT2D eigenvalue weighted by Gasteiger charge is 2.05. The fourth-order valence-electron chi connectivity index (χ4n) is 1.82. The molecule has 0 aliphatic carbocycles. The maximum absolute atomic E-state index is 12.0. The number of hydrazone groups is 1. The van der Waals surface area contributed by atoms with Crippen molar-refractivity contribution in [2.75, 3.05) is 0 Å². The van der Waals surface area contributed by atoms with Gasteiger partial charge in [0.25, 0.3) is 5.91 Å². The average molecular weight is 371 g/mol. The molecular formula is C15H11BrN6O. The number of tetrazole rings is 1. The Morgan fingerprint density at radius 2 is 1.87 bits per heavy atom. The predicted molar refractivity (Wildman–Crippen MR) is 88.4 cm³/mol. The molecule has 8 heteroatoms. The van der Waals surface area contributed by atoms with Crippen LogP contribution in [-0.4, -0.2) is 32.3 Å². The van der Waals surface area contributed by atoms with Crippen molar-refractivity contribution in [2.45, 2.75) is 0 Å². The van der Waals surface area contributed by atoms with Crippen molar-refractivity contribution in [1.29, 1.82) is 0 Å². The predicted octanol–water partition coefficient (Wildman–Crippen LogP) is 2.19. The number of hydrogen-bond acceptors (Lipinski definition) is 5. The van der Waals surface area contributed by atoms with Gasteiger partial charge in [-0.05, 0) is 52.4 Å². The lowest BCUT2D eigenvalue weighted by Crippen LogP contribution is -2.17. The molecule has 1 heterocycles. The number of aromatic nitrogens is 4. The molecule has 0 aliphatic heterocycles. The van der Waals surface area contributed by atoms with Gasteiger partial charge < -0.3 is 0 Å². The minimum Gasteiger partial charge on any atom is -0.267 e. The van der Waals surface area contributed by atoms with Crippen LogP contribution >= 0.6 is 15.9 Å². The summed E-state index contributed by atoms with van der Waals surface area (Å²) >= 11 is 3.36. The molecule has 0 radical (unpaired) electrons. The van der Waals surface area contributed by atoms with Crippen LogP contribution in [0.3, 0.4) is 0 Å². The standard InChI is InChI=1S/C15H11BrN6O/c16-13-5-1-11(2-6-13)9-17-19-15(23)12-3-7-14(8-4-12)22-10-18-20-21-22/h1-10H,(H,19,23)/b17-9-. The fraction of sp³-hybridized carbons (Fsp3) is 0. The van der Waals surface area contributed by atoms with Crippen molar-refractivity contribution in [2.24, 2.45) is 5.10 Å². The van der Waals surface area contributed by atoms with E-state index >= 15 is 0 Å². The molecule has 0 unspecified atom stereocenters. The van der Waals surface area contributed by atoms with Gasteiger partial charge >= 0.3 is 0 Å². The number of carbonyl (C=O) groups excluding carboxylic acids is 1. The largest absolute Gasteiger partial charge is 0.271 e. The third-order valence-electron chi connectivity index (χ3n) is 2.99. The monoisotopic (exact) mass is 370 g/mol. The maximum atomic E-state index is 12.0. The van der Waals surface area contributed by atoms with Gasteiger partial charge in [0.1, 0.15) is 6.33 Å². The van der Waals surface area contributed by atoms with E-state index in [1.807, 2.05) is 24.3 Å². The van der Waals surface area contributed by atoms with Gasteiger partial charge in [0.15, 0.2) is 0 Å². The van der Waals surface area contributed by atoms with Crippen LogP contribution in [0, 0.1) is 0 Å². The van der Waals surface area contributed by atoms with Crippen molar-refractivity contribution >= 4 is 28.1 Å². The molecule has 3 rings (SSSR count). The second-order valence-electron chi connectivity index (χ2n) is 4.55. The number of carbonyl (C=O) groups is 1. The second-order valence-corrected chi connectivity index (χ2v) is 5.47. The minimum absolute atomic E-state index is 0.290. The lowest BCUT2D eigenvalue weighted by molar-refractivity contribution is 0.0955. The summed E-state index contributed by atoms with van der Waals surface area (Å²) in [6, 6.07) is 14.5. The fourth-order valence-corrected chi connectivity index (χ4v) is 2.09. The van der Waals surface area contributed by atoms with Crippen LogP contribution in [0.25, 0.3) is 5.69 Å². The molecule has 114 valence electrons. The van der Waals surface area contributed by atoms with Gasteiger partial charge in [-0.15, -0.1) is 5.10 Å². The molecule has 1 N–H and O–H groups in total. The lowest BCUT2D eigenvalue weighted by Gasteiger charge is -2.02. The first-order valence-electron chi connectivity index (χ1n) is 6.65. The highest BCUT2D eigenvalue weighted by Crippen LogP contribution is 2.09. The molecule has 1 aromatic heterocycles. The van der Waals surface area contributed by atoms with Crippen molar-refractivity contribution in [3.05, 3.63) is 70.5 Å². The number of benzene rings is 2. The first kappa shape index (κ1) is 15.0. The molecule has 0 fully saturated rings. The Bertz CT molecular complexity index is 812. The van der Waals surface area contributed by atoms with Crippen molar-refractivity contribution in [1.82, 2.24) is 25.6 Å². The summed E-state index contributed by atoms with van der Waals surface area (Å²) in [4.78, 5) is 12.0. The maximum Gasteiger partial charge on any atom is 0.271 e. The van der Waals surface area contributed by atoms with E-state index in [1.54, 1.807) is 30.5 Å². The Hall–Kier alpha value is -2.87. The zero-order chi connectivity index (χ0) is 16.1. The summed E-state index contributed by atoms with van der Waals surface area (Å²) in [6.07, 6.45) is 3.07. The van der Waals surface area contributed by atoms with Gasteiger partial charge in [-0.1, -0.05) is 28.1 Å². The molecule has 2 aromatic carbocycles. The molecular weight excluding hydrogens is 360 g/mol. The summed E-state index contributed by atoms with van der Waals surface area (Å²) in [5.41, 5.74) is 4.64. The molecule has 3 aromatic rings. The molecule has 0 aliphatic rings. The molecule has 1 amide bonds. The van der Waals surface area contributed by atoms with Gasteiger partial charge in [0, 0.05) is 10.0 Å². The van der Waals surface area contributed by atoms with E-state index in [-0.39, 0.29) is 5.91 Å². The Kier molecular flexibility index (Phi) is 4.53. The van der Waals surface area contributed by atoms with Crippen LogP contribution in [0.15, 0.2) is 64.4 Å². The molecule has 0 spiro atoms. The zero-order valence-corrected chi connectivity index (χ0v) is 13.4. The van der Waals surface area contributed by atoms with E-state index in [1.165, 1.54) is 11.0 Å². The van der Waals surface area contributed by atoms with E-state index in [4.69, 9.17) is 0 Å². The first-order valence-corrected chi connectivity index (χ1v) is 7.44. The van der Waals surface area contributed by atoms with E-state index in [0.717, 1.165) is 15.7 Å². The minimum atomic E-state index is -0.290. The van der Waals surface area contributed by atoms with Crippen molar-refractivity contribution < 1.29 is 4.79 Å². The van der Waals surface area contributed by atoms with Gasteiger partial charge in [0.2, 0.25) is 0 Å². The molecule has 0 bridgehead atoms. The third kappa shape index (κ3) is 3.86. The van der Waals surface area contributed by atoms with Crippen LogP contribution in [0.4, 0.5) is 0 Å². The Morgan fingerprint density at radius 1 is 1.13 bits per heavy atom. The van der Waals surface area contributed by atoms with E-state index in [2.05, 4.69) is 42.0 Å². The topological polar surface area (TPSA) is 85.1 Å². The van der Waals surface area contributed by atoms with Gasteiger partial charge in [-0.25, -0.2) is 10.1 Å². The summed E-state index contributed by atoms with van der Waals surface area (Å²) < 4.78 is 2.49. The first-order chi connectivity index (χ1) is 11.2. The number of amides is 1. The highest BCUT2D eigenvalue weighted by atomic mass is 79.9. The van der Waals surface area contributed by atoms with Gasteiger partial charge in [-0.2, -0.15) is 5.10 Å². The van der Waals surface area contributed by atoms with Crippen LogP contribution < -0.4 is 5.43 Å². The van der Waals surface area contributed by atoms with Crippen molar-refractivity contribution in [3.63, 3.8) is 0 Å². The van der Waals surface area contributed by atoms with Crippen LogP contribution in [0.1, 0.15) is 15.9 Å². The lowest BCUT2D eigenvalue weighted by atomic mass is 10.2. The molecule has 0 saturated heterocycles. The van der Waals surface area contributed by atoms with E-state index in [9.17, 15) is 4.79 Å². The third-order valence-corrected chi connectivity index (χ3v) is 3.52. The summed E-state index contributed by atoms with van der Waals surface area (Å²) in [7, 11) is 0. The molecule has 0 saturated carbocycles. The summed E-state index contributed by atoms with van der Waals surface area (Å²) in [5, 5.41) is 14.8. The quantitative estimate of drug-likeness (QED) is 0.563. The number of hydrogen-bond donors (Lipinski definition) is 1. The Morgan fingerprint density at radius 3 is 2.52 bits per heavy atom. The molecule has 7 nitrogen and oxygen atoms in total. The number of rotatable bonds is 4. The van der Waals surface area contributed by atoms with Gasteiger partial charge in [0.05, 0.1) is 11.9 Å². The summed E-state index contributed by atoms with van der Waals surface area (Å²) in [5.74, 6) is -0.290. The van der Waals surface area contributed by atoms with Crippen LogP contribution in [0.5, 0.6) is 0 Å². The SMILES string of the molecule is O=C(N/N=C\c1ccc(Br)cc1)c1ccc(-n2cnnn2)cc1. The number of halogens is 1. The van der Waals surface area contributed by atoms with Crippen LogP contribution in [-0.2, 0) is 0 Å². The normalized spacial score (nSPS) is 10.8. The van der Waals surface area contributed by atoms with E-state index in [0.29, 0.717) is 5.56 Å². The second kappa shape index (κ2) is 6.93. The van der Waals surface area contributed by atoms with Crippen molar-refractivity contribution in [3.8, 4) is 5.69 Å². The average Bonchev–Trinajstić information content (AvgIpc) is 3.11. The Balaban J connectivity index is 1.63. The van der Waals surface area contributed by atoms with E-state index < -0.39 is 0 Å². The number of nitrogens with one attached hydrogen (secondary N) is 1. The van der Waals surface area contributed by atoms with Gasteiger partial charge in [-0.3, -0.25) is 4.79 Å². The highest BCUT2D eigenvalue weighted by molar-refractivity contribution is 9.10. The summed E-state index contributed by atoms with van der Waals surface area (Å²) in [6.45, 7) is 0.